The van der Waals surface area contributed by atoms with E-state index in [9.17, 15) is 20.1 Å². The summed E-state index contributed by atoms with van der Waals surface area (Å²) in [5.41, 5.74) is -1.23. The lowest BCUT2D eigenvalue weighted by atomic mass is 9.73. The number of Topliss-reactive ketones (excluding diaryl/α,β-unsaturated/α-hetero) is 1. The molecule has 0 unspecified atom stereocenters. The van der Waals surface area contributed by atoms with Crippen LogP contribution in [-0.2, 0) is 9.53 Å². The maximum absolute atomic E-state index is 12.5. The van der Waals surface area contributed by atoms with Gasteiger partial charge >= 0.3 is 0 Å². The number of ether oxygens (including phenoxy) is 1. The van der Waals surface area contributed by atoms with Gasteiger partial charge in [0, 0.05) is 17.9 Å². The summed E-state index contributed by atoms with van der Waals surface area (Å²) in [6.07, 6.45) is 0.538. The lowest BCUT2D eigenvalue weighted by molar-refractivity contribution is -0.255. The summed E-state index contributed by atoms with van der Waals surface area (Å²) in [4.78, 5) is 12.5. The Bertz CT molecular complexity index is 480. The van der Waals surface area contributed by atoms with Gasteiger partial charge in [0.25, 0.3) is 0 Å². The highest BCUT2D eigenvalue weighted by molar-refractivity contribution is 6.03. The molecule has 0 bridgehead atoms. The summed E-state index contributed by atoms with van der Waals surface area (Å²) >= 11 is 0. The Kier molecular flexibility index (Phi) is 2.42. The van der Waals surface area contributed by atoms with E-state index in [4.69, 9.17) is 4.74 Å². The molecule has 1 saturated heterocycles. The van der Waals surface area contributed by atoms with Crippen molar-refractivity contribution in [3.8, 4) is 0 Å². The van der Waals surface area contributed by atoms with E-state index in [2.05, 4.69) is 0 Å². The average molecular weight is 268 g/mol. The smallest absolute Gasteiger partial charge is 0.240 e. The van der Waals surface area contributed by atoms with Crippen LogP contribution in [-0.4, -0.2) is 44.7 Å². The third-order valence-electron chi connectivity index (χ3n) is 4.93. The molecular weight excluding hydrogens is 248 g/mol. The predicted octanol–water partition coefficient (Wildman–Crippen LogP) is 0.131. The van der Waals surface area contributed by atoms with E-state index < -0.39 is 34.8 Å². The zero-order valence-corrected chi connectivity index (χ0v) is 11.4. The second kappa shape index (κ2) is 3.47. The van der Waals surface area contributed by atoms with Crippen LogP contribution in [0.1, 0.15) is 33.6 Å². The van der Waals surface area contributed by atoms with Gasteiger partial charge in [0.15, 0.2) is 0 Å². The first-order valence-corrected chi connectivity index (χ1v) is 6.69. The van der Waals surface area contributed by atoms with Gasteiger partial charge in [-0.15, -0.1) is 0 Å². The Labute approximate surface area is 111 Å². The standard InChI is InChI=1S/C14H20O5/c1-7(15)4-8-5-10(16)13-6-9(13)12(2,3)19-14(13,18)11(8)17/h4,7,9-10,15-16,18H,5-6H2,1-3H3/b8-4+/t7-,9+,10-,13+,14-/m0/s1. The van der Waals surface area contributed by atoms with E-state index in [0.29, 0.717) is 6.42 Å². The Morgan fingerprint density at radius 1 is 1.47 bits per heavy atom. The molecule has 2 saturated carbocycles. The van der Waals surface area contributed by atoms with Gasteiger partial charge in [0.2, 0.25) is 11.6 Å². The van der Waals surface area contributed by atoms with Crippen LogP contribution in [0.15, 0.2) is 11.6 Å². The molecule has 5 heteroatoms. The zero-order chi connectivity index (χ0) is 14.2. The number of aliphatic hydroxyl groups is 3. The van der Waals surface area contributed by atoms with Crippen molar-refractivity contribution in [3.63, 3.8) is 0 Å². The predicted molar refractivity (Wildman–Crippen MR) is 66.0 cm³/mol. The molecule has 1 spiro atoms. The van der Waals surface area contributed by atoms with Gasteiger partial charge in [-0.3, -0.25) is 4.79 Å². The molecule has 0 radical (unpaired) electrons. The van der Waals surface area contributed by atoms with Crippen molar-refractivity contribution in [2.75, 3.05) is 0 Å². The SMILES string of the molecule is C[C@H](O)/C=C1\C[C@H](O)[C@@]23C[C@@H]2C(C)(C)O[C@@]3(O)C1=O. The van der Waals surface area contributed by atoms with Gasteiger partial charge in [-0.2, -0.15) is 0 Å². The molecule has 3 N–H and O–H groups in total. The molecule has 106 valence electrons. The molecule has 0 aromatic rings. The van der Waals surface area contributed by atoms with Crippen molar-refractivity contribution in [1.82, 2.24) is 0 Å². The molecule has 5 nitrogen and oxygen atoms in total. The van der Waals surface area contributed by atoms with Crippen molar-refractivity contribution in [1.29, 1.82) is 0 Å². The van der Waals surface area contributed by atoms with E-state index in [-0.39, 0.29) is 17.9 Å². The maximum Gasteiger partial charge on any atom is 0.240 e. The molecule has 3 rings (SSSR count). The number of ketones is 1. The summed E-state index contributed by atoms with van der Waals surface area (Å²) in [6, 6.07) is 0. The molecule has 1 heterocycles. The van der Waals surface area contributed by atoms with Crippen LogP contribution < -0.4 is 0 Å². The van der Waals surface area contributed by atoms with Crippen LogP contribution in [0.25, 0.3) is 0 Å². The van der Waals surface area contributed by atoms with Crippen molar-refractivity contribution in [2.45, 2.75) is 57.2 Å². The van der Waals surface area contributed by atoms with E-state index in [0.717, 1.165) is 0 Å². The molecule has 3 fully saturated rings. The van der Waals surface area contributed by atoms with Crippen LogP contribution in [0.5, 0.6) is 0 Å². The van der Waals surface area contributed by atoms with Crippen molar-refractivity contribution in [2.24, 2.45) is 11.3 Å². The highest BCUT2D eigenvalue weighted by Crippen LogP contribution is 2.75. The molecule has 1 aliphatic heterocycles. The van der Waals surface area contributed by atoms with Gasteiger partial charge in [0.1, 0.15) is 0 Å². The third-order valence-corrected chi connectivity index (χ3v) is 4.93. The van der Waals surface area contributed by atoms with E-state index in [1.165, 1.54) is 13.0 Å². The van der Waals surface area contributed by atoms with Crippen LogP contribution in [0.2, 0.25) is 0 Å². The van der Waals surface area contributed by atoms with E-state index in [1.54, 1.807) is 0 Å². The zero-order valence-electron chi connectivity index (χ0n) is 11.4. The quantitative estimate of drug-likeness (QED) is 0.588. The Morgan fingerprint density at radius 3 is 2.63 bits per heavy atom. The van der Waals surface area contributed by atoms with E-state index >= 15 is 0 Å². The van der Waals surface area contributed by atoms with Crippen LogP contribution in [0, 0.1) is 11.3 Å². The molecule has 19 heavy (non-hydrogen) atoms. The minimum atomic E-state index is -1.94. The fraction of sp³-hybridized carbons (Fsp3) is 0.786. The molecular formula is C14H20O5. The number of hydrogen-bond donors (Lipinski definition) is 3. The normalized spacial score (nSPS) is 50.8. The molecule has 2 aliphatic carbocycles. The first-order chi connectivity index (χ1) is 8.65. The summed E-state index contributed by atoms with van der Waals surface area (Å²) in [6.45, 7) is 5.20. The topological polar surface area (TPSA) is 87.0 Å². The Morgan fingerprint density at radius 2 is 2.11 bits per heavy atom. The minimum Gasteiger partial charge on any atom is -0.392 e. The lowest BCUT2D eigenvalue weighted by Gasteiger charge is -2.40. The molecule has 0 aromatic carbocycles. The summed E-state index contributed by atoms with van der Waals surface area (Å²) in [5, 5.41) is 30.5. The highest BCUT2D eigenvalue weighted by Gasteiger charge is 2.84. The van der Waals surface area contributed by atoms with Crippen molar-refractivity contribution in [3.05, 3.63) is 11.6 Å². The molecule has 0 aromatic heterocycles. The van der Waals surface area contributed by atoms with Gasteiger partial charge in [-0.25, -0.2) is 0 Å². The van der Waals surface area contributed by atoms with Crippen LogP contribution in [0.3, 0.4) is 0 Å². The van der Waals surface area contributed by atoms with Gasteiger partial charge in [-0.1, -0.05) is 0 Å². The minimum absolute atomic E-state index is 0.00273. The van der Waals surface area contributed by atoms with Gasteiger partial charge in [-0.05, 0) is 33.3 Å². The number of carbonyl (C=O) groups excluding carboxylic acids is 1. The highest BCUT2D eigenvalue weighted by atomic mass is 16.7. The first-order valence-electron chi connectivity index (χ1n) is 6.69. The van der Waals surface area contributed by atoms with Gasteiger partial charge in [0.05, 0.1) is 23.2 Å². The number of aliphatic hydroxyl groups excluding tert-OH is 2. The Hall–Kier alpha value is -0.750. The van der Waals surface area contributed by atoms with Crippen LogP contribution >= 0.6 is 0 Å². The van der Waals surface area contributed by atoms with E-state index in [1.807, 2.05) is 13.8 Å². The second-order valence-electron chi connectivity index (χ2n) is 6.63. The van der Waals surface area contributed by atoms with Crippen molar-refractivity contribution < 1.29 is 24.9 Å². The maximum atomic E-state index is 12.5. The monoisotopic (exact) mass is 268 g/mol. The number of carbonyl (C=O) groups is 1. The first kappa shape index (κ1) is 13.2. The number of hydrogen-bond acceptors (Lipinski definition) is 5. The summed E-state index contributed by atoms with van der Waals surface area (Å²) in [7, 11) is 0. The fourth-order valence-corrected chi connectivity index (χ4v) is 4.05. The largest absolute Gasteiger partial charge is 0.392 e. The molecule has 0 amide bonds. The molecule has 3 aliphatic rings. The van der Waals surface area contributed by atoms with Crippen LogP contribution in [0.4, 0.5) is 0 Å². The second-order valence-corrected chi connectivity index (χ2v) is 6.63. The summed E-state index contributed by atoms with van der Waals surface area (Å²) in [5.74, 6) is -2.46. The Balaban J connectivity index is 2.05. The molecule has 5 atom stereocenters. The van der Waals surface area contributed by atoms with Gasteiger partial charge < -0.3 is 20.1 Å². The average Bonchev–Trinajstić information content (AvgIpc) is 2.97. The number of rotatable bonds is 1. The third kappa shape index (κ3) is 1.41. The fourth-order valence-electron chi connectivity index (χ4n) is 4.05. The summed E-state index contributed by atoms with van der Waals surface area (Å²) < 4.78 is 5.61. The van der Waals surface area contributed by atoms with Crippen molar-refractivity contribution >= 4 is 5.78 Å². The lowest BCUT2D eigenvalue weighted by Crippen LogP contribution is -2.57.